The first-order valence-corrected chi connectivity index (χ1v) is 7.29. The average Bonchev–Trinajstić information content (AvgIpc) is 3.10. The van der Waals surface area contributed by atoms with Crippen molar-refractivity contribution in [2.75, 3.05) is 13.1 Å². The summed E-state index contributed by atoms with van der Waals surface area (Å²) in [5, 5.41) is 2.93. The van der Waals surface area contributed by atoms with Crippen LogP contribution < -0.4 is 5.32 Å². The molecule has 0 atom stereocenters. The van der Waals surface area contributed by atoms with E-state index in [9.17, 15) is 9.59 Å². The average molecular weight is 299 g/mol. The Morgan fingerprint density at radius 1 is 1.18 bits per heavy atom. The van der Waals surface area contributed by atoms with Gasteiger partial charge in [-0.05, 0) is 37.1 Å². The van der Waals surface area contributed by atoms with E-state index in [1.54, 1.807) is 41.4 Å². The van der Waals surface area contributed by atoms with Gasteiger partial charge in [0.2, 0.25) is 0 Å². The normalized spacial score (nSPS) is 15.5. The smallest absolute Gasteiger partial charge is 0.287 e. The Morgan fingerprint density at radius 2 is 2.00 bits per heavy atom. The first-order chi connectivity index (χ1) is 10.7. The van der Waals surface area contributed by atoms with E-state index in [1.165, 1.54) is 6.26 Å². The van der Waals surface area contributed by atoms with Crippen molar-refractivity contribution in [1.82, 2.24) is 15.2 Å². The molecule has 114 valence electrons. The monoisotopic (exact) mass is 299 g/mol. The van der Waals surface area contributed by atoms with Crippen LogP contribution in [0, 0.1) is 0 Å². The fraction of sp³-hybridized carbons (Fsp3) is 0.312. The lowest BCUT2D eigenvalue weighted by Crippen LogP contribution is -2.46. The number of likely N-dealkylation sites (tertiary alicyclic amines) is 1. The summed E-state index contributed by atoms with van der Waals surface area (Å²) in [4.78, 5) is 30.0. The van der Waals surface area contributed by atoms with E-state index in [0.29, 0.717) is 24.5 Å². The highest BCUT2D eigenvalue weighted by atomic mass is 16.3. The van der Waals surface area contributed by atoms with Gasteiger partial charge in [0.15, 0.2) is 5.76 Å². The number of carbonyl (C=O) groups is 2. The summed E-state index contributed by atoms with van der Waals surface area (Å²) in [7, 11) is 0. The molecule has 1 N–H and O–H groups in total. The van der Waals surface area contributed by atoms with E-state index in [-0.39, 0.29) is 17.9 Å². The van der Waals surface area contributed by atoms with E-state index in [1.807, 2.05) is 0 Å². The summed E-state index contributed by atoms with van der Waals surface area (Å²) in [6, 6.07) is 8.68. The van der Waals surface area contributed by atoms with Crippen molar-refractivity contribution in [2.24, 2.45) is 0 Å². The lowest BCUT2D eigenvalue weighted by atomic mass is 10.0. The lowest BCUT2D eigenvalue weighted by molar-refractivity contribution is 0.0690. The summed E-state index contributed by atoms with van der Waals surface area (Å²) in [5.74, 6) is 0.0444. The Bertz CT molecular complexity index is 632. The molecule has 6 nitrogen and oxygen atoms in total. The quantitative estimate of drug-likeness (QED) is 0.936. The molecule has 2 aromatic rings. The van der Waals surface area contributed by atoms with Gasteiger partial charge in [-0.2, -0.15) is 0 Å². The fourth-order valence-corrected chi connectivity index (χ4v) is 2.54. The minimum Gasteiger partial charge on any atom is -0.459 e. The van der Waals surface area contributed by atoms with Crippen LogP contribution >= 0.6 is 0 Å². The van der Waals surface area contributed by atoms with Gasteiger partial charge in [0.05, 0.1) is 6.26 Å². The highest BCUT2D eigenvalue weighted by molar-refractivity contribution is 5.92. The van der Waals surface area contributed by atoms with Crippen LogP contribution in [0.5, 0.6) is 0 Å². The molecule has 2 aromatic heterocycles. The van der Waals surface area contributed by atoms with Gasteiger partial charge >= 0.3 is 0 Å². The van der Waals surface area contributed by atoms with Gasteiger partial charge in [-0.15, -0.1) is 0 Å². The molecule has 6 heteroatoms. The number of nitrogens with one attached hydrogen (secondary N) is 1. The largest absolute Gasteiger partial charge is 0.459 e. The van der Waals surface area contributed by atoms with Crippen molar-refractivity contribution in [3.63, 3.8) is 0 Å². The van der Waals surface area contributed by atoms with Crippen LogP contribution in [0.4, 0.5) is 0 Å². The zero-order valence-corrected chi connectivity index (χ0v) is 12.1. The highest BCUT2D eigenvalue weighted by Gasteiger charge is 2.25. The number of pyridine rings is 1. The Balaban J connectivity index is 1.52. The van der Waals surface area contributed by atoms with Gasteiger partial charge in [-0.3, -0.25) is 14.6 Å². The van der Waals surface area contributed by atoms with E-state index in [0.717, 1.165) is 12.8 Å². The molecule has 0 spiro atoms. The van der Waals surface area contributed by atoms with Crippen LogP contribution in [-0.4, -0.2) is 40.8 Å². The number of hydrogen-bond donors (Lipinski definition) is 1. The number of furan rings is 1. The molecule has 1 aliphatic heterocycles. The Labute approximate surface area is 128 Å². The van der Waals surface area contributed by atoms with Crippen LogP contribution in [0.1, 0.15) is 33.9 Å². The number of rotatable bonds is 3. The lowest BCUT2D eigenvalue weighted by Gasteiger charge is -2.32. The Kier molecular flexibility index (Phi) is 4.18. The fourth-order valence-electron chi connectivity index (χ4n) is 2.54. The molecule has 0 radical (unpaired) electrons. The van der Waals surface area contributed by atoms with Crippen molar-refractivity contribution >= 4 is 11.8 Å². The molecule has 3 heterocycles. The van der Waals surface area contributed by atoms with E-state index >= 15 is 0 Å². The van der Waals surface area contributed by atoms with E-state index < -0.39 is 0 Å². The second-order valence-electron chi connectivity index (χ2n) is 5.23. The molecule has 0 unspecified atom stereocenters. The molecule has 2 amide bonds. The van der Waals surface area contributed by atoms with Gasteiger partial charge in [0.25, 0.3) is 11.8 Å². The molecule has 1 saturated heterocycles. The van der Waals surface area contributed by atoms with Crippen molar-refractivity contribution in [3.8, 4) is 0 Å². The molecule has 0 aliphatic carbocycles. The minimum atomic E-state index is -0.209. The van der Waals surface area contributed by atoms with Crippen LogP contribution in [0.15, 0.2) is 47.2 Å². The molecule has 0 aromatic carbocycles. The van der Waals surface area contributed by atoms with Crippen molar-refractivity contribution < 1.29 is 14.0 Å². The molecule has 1 aliphatic rings. The van der Waals surface area contributed by atoms with Crippen molar-refractivity contribution in [2.45, 2.75) is 18.9 Å². The Morgan fingerprint density at radius 3 is 2.64 bits per heavy atom. The number of piperidine rings is 1. The predicted octanol–water partition coefficient (Wildman–Crippen LogP) is 1.71. The SMILES string of the molecule is O=C(NC1CCN(C(=O)c2ccccn2)CC1)c1ccco1. The van der Waals surface area contributed by atoms with Crippen LogP contribution in [-0.2, 0) is 0 Å². The summed E-state index contributed by atoms with van der Waals surface area (Å²) in [5.41, 5.74) is 0.459. The highest BCUT2D eigenvalue weighted by Crippen LogP contribution is 2.14. The molecule has 3 rings (SSSR count). The number of carbonyl (C=O) groups excluding carboxylic acids is 2. The summed E-state index contributed by atoms with van der Waals surface area (Å²) < 4.78 is 5.07. The third-order valence-electron chi connectivity index (χ3n) is 3.75. The van der Waals surface area contributed by atoms with Crippen molar-refractivity contribution in [1.29, 1.82) is 0 Å². The van der Waals surface area contributed by atoms with Gasteiger partial charge < -0.3 is 14.6 Å². The van der Waals surface area contributed by atoms with E-state index in [2.05, 4.69) is 10.3 Å². The molecule has 22 heavy (non-hydrogen) atoms. The summed E-state index contributed by atoms with van der Waals surface area (Å²) in [6.45, 7) is 1.22. The third kappa shape index (κ3) is 3.16. The number of amides is 2. The molecular formula is C16H17N3O3. The number of aromatic nitrogens is 1. The Hall–Kier alpha value is -2.63. The summed E-state index contributed by atoms with van der Waals surface area (Å²) in [6.07, 6.45) is 4.54. The second-order valence-corrected chi connectivity index (χ2v) is 5.23. The topological polar surface area (TPSA) is 75.4 Å². The first-order valence-electron chi connectivity index (χ1n) is 7.29. The van der Waals surface area contributed by atoms with Gasteiger partial charge in [0, 0.05) is 25.3 Å². The first kappa shape index (κ1) is 14.3. The molecule has 0 bridgehead atoms. The molecular weight excluding hydrogens is 282 g/mol. The molecule has 0 saturated carbocycles. The zero-order valence-electron chi connectivity index (χ0n) is 12.1. The second kappa shape index (κ2) is 6.43. The molecule has 1 fully saturated rings. The van der Waals surface area contributed by atoms with Crippen LogP contribution in [0.2, 0.25) is 0 Å². The van der Waals surface area contributed by atoms with Crippen LogP contribution in [0.25, 0.3) is 0 Å². The number of nitrogens with zero attached hydrogens (tertiary/aromatic N) is 2. The maximum atomic E-state index is 12.3. The third-order valence-corrected chi connectivity index (χ3v) is 3.75. The van der Waals surface area contributed by atoms with Gasteiger partial charge in [0.1, 0.15) is 5.69 Å². The maximum Gasteiger partial charge on any atom is 0.287 e. The minimum absolute atomic E-state index is 0.0589. The van der Waals surface area contributed by atoms with Gasteiger partial charge in [-0.1, -0.05) is 6.07 Å². The standard InChI is InChI=1S/C16H17N3O3/c20-15(14-5-3-11-22-14)18-12-6-9-19(10-7-12)16(21)13-4-1-2-8-17-13/h1-5,8,11-12H,6-7,9-10H2,(H,18,20). The van der Waals surface area contributed by atoms with E-state index in [4.69, 9.17) is 4.42 Å². The number of hydrogen-bond acceptors (Lipinski definition) is 4. The zero-order chi connectivity index (χ0) is 15.4. The maximum absolute atomic E-state index is 12.3. The van der Waals surface area contributed by atoms with Gasteiger partial charge in [-0.25, -0.2) is 0 Å². The summed E-state index contributed by atoms with van der Waals surface area (Å²) >= 11 is 0. The van der Waals surface area contributed by atoms with Crippen LogP contribution in [0.3, 0.4) is 0 Å². The van der Waals surface area contributed by atoms with Crippen molar-refractivity contribution in [3.05, 3.63) is 54.2 Å². The predicted molar refractivity (Wildman–Crippen MR) is 79.3 cm³/mol.